The van der Waals surface area contributed by atoms with Crippen LogP contribution in [0.4, 0.5) is 11.4 Å². The van der Waals surface area contributed by atoms with E-state index in [9.17, 15) is 14.9 Å². The lowest BCUT2D eigenvalue weighted by atomic mass is 10.0. The maximum atomic E-state index is 11.8. The Balaban J connectivity index is 1.97. The van der Waals surface area contributed by atoms with Crippen LogP contribution in [0.15, 0.2) is 36.4 Å². The number of nitro benzene ring substituents is 1. The summed E-state index contributed by atoms with van der Waals surface area (Å²) in [5.41, 5.74) is 2.28. The minimum Gasteiger partial charge on any atom is -0.465 e. The summed E-state index contributed by atoms with van der Waals surface area (Å²) in [4.78, 5) is 24.8. The number of methoxy groups -OCH3 is 1. The summed E-state index contributed by atoms with van der Waals surface area (Å²) in [5.74, 6) is -0.714. The van der Waals surface area contributed by atoms with Gasteiger partial charge in [-0.15, -0.1) is 0 Å². The molecule has 0 saturated carbocycles. The zero-order chi connectivity index (χ0) is 19.6. The van der Waals surface area contributed by atoms with Gasteiger partial charge in [-0.05, 0) is 24.1 Å². The molecule has 142 valence electrons. The van der Waals surface area contributed by atoms with Crippen molar-refractivity contribution in [3.63, 3.8) is 0 Å². The average Bonchev–Trinajstić information content (AvgIpc) is 2.67. The Bertz CT molecular complexity index is 886. The van der Waals surface area contributed by atoms with Crippen molar-refractivity contribution < 1.29 is 19.2 Å². The van der Waals surface area contributed by atoms with E-state index in [2.05, 4.69) is 4.74 Å². The summed E-state index contributed by atoms with van der Waals surface area (Å²) in [6.07, 6.45) is -0.210. The highest BCUT2D eigenvalue weighted by molar-refractivity contribution is 6.34. The summed E-state index contributed by atoms with van der Waals surface area (Å²) >= 11 is 6.20. The Labute approximate surface area is 161 Å². The number of anilines is 1. The predicted octanol–water partition coefficient (Wildman–Crippen LogP) is 3.92. The van der Waals surface area contributed by atoms with Crippen LogP contribution in [0.1, 0.15) is 27.6 Å². The first-order valence-corrected chi connectivity index (χ1v) is 8.78. The number of benzene rings is 2. The quantitative estimate of drug-likeness (QED) is 0.447. The Kier molecular flexibility index (Phi) is 5.62. The van der Waals surface area contributed by atoms with Crippen LogP contribution < -0.4 is 4.90 Å². The molecule has 1 aliphatic heterocycles. The fraction of sp³-hybridized carbons (Fsp3) is 0.316. The number of carbonyl (C=O) groups excluding carboxylic acids is 1. The molecule has 0 amide bonds. The van der Waals surface area contributed by atoms with Crippen LogP contribution in [0.25, 0.3) is 0 Å². The second-order valence-electron chi connectivity index (χ2n) is 6.23. The number of nitro groups is 1. The largest absolute Gasteiger partial charge is 0.465 e. The topological polar surface area (TPSA) is 81.9 Å². The Morgan fingerprint density at radius 1 is 1.37 bits per heavy atom. The molecule has 0 aromatic heterocycles. The third kappa shape index (κ3) is 3.89. The van der Waals surface area contributed by atoms with Crippen molar-refractivity contribution in [2.75, 3.05) is 31.7 Å². The fourth-order valence-electron chi connectivity index (χ4n) is 3.22. The molecule has 0 N–H and O–H groups in total. The summed E-state index contributed by atoms with van der Waals surface area (Å²) < 4.78 is 10.5. The van der Waals surface area contributed by atoms with Crippen LogP contribution in [0, 0.1) is 17.0 Å². The van der Waals surface area contributed by atoms with Crippen molar-refractivity contribution in [1.29, 1.82) is 0 Å². The minimum absolute atomic E-state index is 0.0293. The molecule has 1 fully saturated rings. The van der Waals surface area contributed by atoms with E-state index in [4.69, 9.17) is 16.3 Å². The highest BCUT2D eigenvalue weighted by Crippen LogP contribution is 2.37. The summed E-state index contributed by atoms with van der Waals surface area (Å²) in [6.45, 7) is 3.35. The number of ether oxygens (including phenoxy) is 2. The lowest BCUT2D eigenvalue weighted by Crippen LogP contribution is -2.39. The Morgan fingerprint density at radius 3 is 2.78 bits per heavy atom. The molecule has 0 bridgehead atoms. The van der Waals surface area contributed by atoms with Gasteiger partial charge in [0.1, 0.15) is 11.8 Å². The van der Waals surface area contributed by atoms with Gasteiger partial charge in [-0.25, -0.2) is 4.79 Å². The number of hydrogen-bond donors (Lipinski definition) is 0. The minimum atomic E-state index is -0.714. The molecule has 1 heterocycles. The zero-order valence-corrected chi connectivity index (χ0v) is 15.7. The number of hydrogen-bond acceptors (Lipinski definition) is 6. The smallest absolute Gasteiger partial charge is 0.339 e. The van der Waals surface area contributed by atoms with E-state index in [1.807, 2.05) is 36.1 Å². The van der Waals surface area contributed by atoms with E-state index >= 15 is 0 Å². The second kappa shape index (κ2) is 7.94. The van der Waals surface area contributed by atoms with Crippen molar-refractivity contribution in [3.05, 3.63) is 68.2 Å². The van der Waals surface area contributed by atoms with Crippen LogP contribution in [0.3, 0.4) is 0 Å². The maximum absolute atomic E-state index is 11.8. The van der Waals surface area contributed by atoms with Crippen molar-refractivity contribution in [2.24, 2.45) is 0 Å². The lowest BCUT2D eigenvalue weighted by Gasteiger charge is -2.35. The number of morpholine rings is 1. The van der Waals surface area contributed by atoms with Crippen LogP contribution in [0.5, 0.6) is 0 Å². The zero-order valence-electron chi connectivity index (χ0n) is 15.0. The van der Waals surface area contributed by atoms with Gasteiger partial charge >= 0.3 is 5.97 Å². The van der Waals surface area contributed by atoms with Crippen LogP contribution in [-0.4, -0.2) is 37.7 Å². The van der Waals surface area contributed by atoms with Crippen molar-refractivity contribution in [2.45, 2.75) is 13.0 Å². The van der Waals surface area contributed by atoms with Gasteiger partial charge in [-0.3, -0.25) is 10.1 Å². The van der Waals surface area contributed by atoms with E-state index in [1.54, 1.807) is 0 Å². The molecule has 0 aliphatic carbocycles. The molecule has 27 heavy (non-hydrogen) atoms. The molecule has 2 aromatic carbocycles. The van der Waals surface area contributed by atoms with Gasteiger partial charge in [0, 0.05) is 19.2 Å². The summed E-state index contributed by atoms with van der Waals surface area (Å²) in [6, 6.07) is 10.5. The Morgan fingerprint density at radius 2 is 2.11 bits per heavy atom. The molecule has 8 heteroatoms. The highest BCUT2D eigenvalue weighted by Gasteiger charge is 2.30. The molecule has 3 rings (SSSR count). The second-order valence-corrected chi connectivity index (χ2v) is 6.64. The first-order valence-electron chi connectivity index (χ1n) is 8.40. The van der Waals surface area contributed by atoms with E-state index in [0.717, 1.165) is 11.1 Å². The van der Waals surface area contributed by atoms with Gasteiger partial charge in [0.25, 0.3) is 5.69 Å². The third-order valence-corrected chi connectivity index (χ3v) is 4.92. The first-order chi connectivity index (χ1) is 12.9. The standard InChI is InChI=1S/C19H19ClN2O5/c1-12-5-3-4-6-13(12)18-11-21(7-8-27-18)16-10-15(20)14(19(23)26-2)9-17(16)22(24)25/h3-6,9-10,18H,7-8,11H2,1-2H3. The SMILES string of the molecule is COC(=O)c1cc([N+](=O)[O-])c(N2CCOC(c3ccccc3C)C2)cc1Cl. The molecule has 1 unspecified atom stereocenters. The van der Waals surface area contributed by atoms with Gasteiger partial charge in [0.05, 0.1) is 29.2 Å². The number of aryl methyl sites for hydroxylation is 1. The van der Waals surface area contributed by atoms with E-state index < -0.39 is 10.9 Å². The Hall–Kier alpha value is -2.64. The summed E-state index contributed by atoms with van der Waals surface area (Å²) in [7, 11) is 1.20. The molecule has 0 spiro atoms. The maximum Gasteiger partial charge on any atom is 0.339 e. The van der Waals surface area contributed by atoms with Gasteiger partial charge in [-0.1, -0.05) is 35.9 Å². The molecule has 1 aliphatic rings. The monoisotopic (exact) mass is 390 g/mol. The molecule has 1 atom stereocenters. The number of nitrogens with zero attached hydrogens (tertiary/aromatic N) is 2. The molecule has 1 saturated heterocycles. The van der Waals surface area contributed by atoms with Crippen LogP contribution in [0.2, 0.25) is 5.02 Å². The number of rotatable bonds is 4. The van der Waals surface area contributed by atoms with E-state index in [1.165, 1.54) is 19.2 Å². The average molecular weight is 391 g/mol. The number of halogens is 1. The van der Waals surface area contributed by atoms with Gasteiger partial charge in [-0.2, -0.15) is 0 Å². The lowest BCUT2D eigenvalue weighted by molar-refractivity contribution is -0.384. The van der Waals surface area contributed by atoms with Gasteiger partial charge in [0.15, 0.2) is 0 Å². The van der Waals surface area contributed by atoms with Crippen LogP contribution >= 0.6 is 11.6 Å². The molecular weight excluding hydrogens is 372 g/mol. The van der Waals surface area contributed by atoms with E-state index in [0.29, 0.717) is 25.4 Å². The number of carbonyl (C=O) groups is 1. The van der Waals surface area contributed by atoms with Crippen molar-refractivity contribution >= 4 is 28.9 Å². The summed E-state index contributed by atoms with van der Waals surface area (Å²) in [5, 5.41) is 11.7. The fourth-order valence-corrected chi connectivity index (χ4v) is 3.46. The van der Waals surface area contributed by atoms with Crippen molar-refractivity contribution in [3.8, 4) is 0 Å². The molecule has 0 radical (unpaired) electrons. The van der Waals surface area contributed by atoms with E-state index in [-0.39, 0.29) is 22.4 Å². The molecular formula is C19H19ClN2O5. The number of esters is 1. The first kappa shape index (κ1) is 19.1. The molecule has 7 nitrogen and oxygen atoms in total. The molecule has 2 aromatic rings. The van der Waals surface area contributed by atoms with Crippen LogP contribution in [-0.2, 0) is 9.47 Å². The predicted molar refractivity (Wildman–Crippen MR) is 102 cm³/mol. The highest BCUT2D eigenvalue weighted by atomic mass is 35.5. The normalized spacial score (nSPS) is 16.9. The van der Waals surface area contributed by atoms with Gasteiger partial charge in [0.2, 0.25) is 0 Å². The van der Waals surface area contributed by atoms with Gasteiger partial charge < -0.3 is 14.4 Å². The van der Waals surface area contributed by atoms with Crippen molar-refractivity contribution in [1.82, 2.24) is 0 Å². The third-order valence-electron chi connectivity index (χ3n) is 4.61.